The van der Waals surface area contributed by atoms with Crippen molar-refractivity contribution in [1.29, 1.82) is 0 Å². The molecule has 5 aromatic carbocycles. The van der Waals surface area contributed by atoms with Gasteiger partial charge in [-0.3, -0.25) is 6.08 Å². The summed E-state index contributed by atoms with van der Waals surface area (Å²) in [5.74, 6) is 0.592. The van der Waals surface area contributed by atoms with E-state index >= 15 is 0 Å². The monoisotopic (exact) mass is 916 g/mol. The number of alkyl halides is 6. The van der Waals surface area contributed by atoms with Crippen LogP contribution >= 0.6 is 0 Å². The van der Waals surface area contributed by atoms with Gasteiger partial charge in [-0.15, -0.1) is 39.7 Å². The summed E-state index contributed by atoms with van der Waals surface area (Å²) in [5.41, 5.74) is 4.57. The summed E-state index contributed by atoms with van der Waals surface area (Å²) in [6.45, 7) is 22.7. The standard InChI is InChI=1S/C21H25.C15H8F6.C13H21.2ClH.Zr/c1-20(2,3)16-7-9-18-14(12-16)11-15-13-17(21(4,5)6)8-10-19(15)18;16-14(17,18)12-5-1-10(2-6-12)9-11-3-7-13(8-4-11)15(19,20)21;1-5-6-7-11-8-9-12(10-11)13(2,3)4;;;/h7-13H,1-6H3;1-8H;9-11H,5-7H2,1-4H3;2*1H;/q-1;;-1;;;+2/p-2. The molecule has 0 saturated carbocycles. The Morgan fingerprint density at radius 2 is 0.966 bits per heavy atom. The van der Waals surface area contributed by atoms with Crippen LogP contribution in [0, 0.1) is 17.4 Å². The van der Waals surface area contributed by atoms with E-state index in [1.165, 1.54) is 81.8 Å². The number of benzene rings is 4. The first-order chi connectivity index (χ1) is 25.8. The van der Waals surface area contributed by atoms with Crippen LogP contribution in [0.4, 0.5) is 26.3 Å². The quantitative estimate of drug-likeness (QED) is 0.122. The van der Waals surface area contributed by atoms with Crippen molar-refractivity contribution in [2.45, 2.75) is 112 Å². The number of unbranched alkanes of at least 4 members (excludes halogenated alkanes) is 1. The molecular weight excluding hydrogens is 865 g/mol. The van der Waals surface area contributed by atoms with Crippen LogP contribution in [0.15, 0.2) is 109 Å². The van der Waals surface area contributed by atoms with Crippen LogP contribution in [0.5, 0.6) is 0 Å². The molecule has 9 heteroatoms. The predicted octanol–water partition coefficient (Wildman–Crippen LogP) is 9.29. The Bertz CT molecular complexity index is 2040. The van der Waals surface area contributed by atoms with Crippen LogP contribution in [-0.4, -0.2) is 3.21 Å². The van der Waals surface area contributed by atoms with Gasteiger partial charge >= 0.3 is 137 Å². The number of rotatable bonds is 5. The molecule has 1 aliphatic carbocycles. The molecule has 0 aliphatic heterocycles. The maximum absolute atomic E-state index is 12.5. The van der Waals surface area contributed by atoms with Gasteiger partial charge < -0.3 is 24.8 Å². The van der Waals surface area contributed by atoms with Crippen LogP contribution in [0.1, 0.15) is 122 Å². The molecular formula is C49H54Cl2F6Zr-2. The number of allylic oxidation sites excluding steroid dienone is 4. The normalized spacial score (nSPS) is 14.4. The Hall–Kier alpha value is -2.86. The van der Waals surface area contributed by atoms with Gasteiger partial charge in [0.2, 0.25) is 0 Å². The van der Waals surface area contributed by atoms with Crippen molar-refractivity contribution in [2.75, 3.05) is 0 Å². The zero-order valence-electron chi connectivity index (χ0n) is 35.0. The fourth-order valence-corrected chi connectivity index (χ4v) is 7.16. The molecule has 1 atom stereocenters. The molecule has 1 aliphatic rings. The summed E-state index contributed by atoms with van der Waals surface area (Å²) in [6.07, 6.45) is 3.06. The fourth-order valence-electron chi connectivity index (χ4n) is 6.34. The van der Waals surface area contributed by atoms with Crippen LogP contribution in [-0.2, 0) is 47.4 Å². The molecule has 0 radical (unpaired) electrons. The van der Waals surface area contributed by atoms with Crippen molar-refractivity contribution in [1.82, 2.24) is 0 Å². The number of fused-ring (bicyclic) bond motifs is 3. The smallest absolute Gasteiger partial charge is 1.00 e. The van der Waals surface area contributed by atoms with E-state index in [1.807, 2.05) is 0 Å². The van der Waals surface area contributed by atoms with E-state index in [9.17, 15) is 26.3 Å². The van der Waals surface area contributed by atoms with Crippen molar-refractivity contribution in [3.8, 4) is 0 Å². The van der Waals surface area contributed by atoms with Gasteiger partial charge in [0, 0.05) is 0 Å². The molecule has 0 saturated heterocycles. The van der Waals surface area contributed by atoms with Crippen molar-refractivity contribution in [3.63, 3.8) is 0 Å². The maximum Gasteiger partial charge on any atom is -1.00 e. The molecule has 0 heterocycles. The Balaban J connectivity index is 0.000000305. The molecule has 5 aromatic rings. The second-order valence-corrected chi connectivity index (χ2v) is 18.9. The third-order valence-electron chi connectivity index (χ3n) is 10.0. The molecule has 58 heavy (non-hydrogen) atoms. The zero-order chi connectivity index (χ0) is 41.9. The molecule has 0 bridgehead atoms. The molecule has 0 nitrogen and oxygen atoms in total. The Morgan fingerprint density at radius 1 is 0.586 bits per heavy atom. The first-order valence-corrected chi connectivity index (χ1v) is 20.4. The van der Waals surface area contributed by atoms with Crippen molar-refractivity contribution in [2.24, 2.45) is 11.3 Å². The van der Waals surface area contributed by atoms with E-state index in [-0.39, 0.29) is 35.6 Å². The van der Waals surface area contributed by atoms with E-state index in [0.717, 1.165) is 48.5 Å². The van der Waals surface area contributed by atoms with E-state index in [0.29, 0.717) is 25.7 Å². The van der Waals surface area contributed by atoms with Gasteiger partial charge in [0.05, 0.1) is 0 Å². The summed E-state index contributed by atoms with van der Waals surface area (Å²) in [7, 11) is 0. The molecule has 0 aromatic heterocycles. The molecule has 312 valence electrons. The molecule has 0 N–H and O–H groups in total. The number of halogens is 8. The Labute approximate surface area is 369 Å². The average molecular weight is 919 g/mol. The van der Waals surface area contributed by atoms with E-state index in [2.05, 4.69) is 130 Å². The summed E-state index contributed by atoms with van der Waals surface area (Å²) >= 11 is 0.898. The molecule has 6 rings (SSSR count). The average Bonchev–Trinajstić information content (AvgIpc) is 3.74. The Kier molecular flexibility index (Phi) is 17.8. The van der Waals surface area contributed by atoms with Crippen LogP contribution in [0.3, 0.4) is 0 Å². The molecule has 0 fully saturated rings. The van der Waals surface area contributed by atoms with E-state index in [1.54, 1.807) is 0 Å². The minimum Gasteiger partial charge on any atom is -1.00 e. The number of hydrogen-bond donors (Lipinski definition) is 0. The van der Waals surface area contributed by atoms with Crippen LogP contribution in [0.2, 0.25) is 0 Å². The zero-order valence-corrected chi connectivity index (χ0v) is 39.0. The van der Waals surface area contributed by atoms with Crippen molar-refractivity contribution in [3.05, 3.63) is 148 Å². The molecule has 0 amide bonds. The predicted molar refractivity (Wildman–Crippen MR) is 219 cm³/mol. The summed E-state index contributed by atoms with van der Waals surface area (Å²) in [5, 5.41) is 5.48. The summed E-state index contributed by atoms with van der Waals surface area (Å²) in [4.78, 5) is 0. The van der Waals surface area contributed by atoms with Gasteiger partial charge in [0.1, 0.15) is 0 Å². The van der Waals surface area contributed by atoms with Crippen LogP contribution in [0.25, 0.3) is 21.5 Å². The van der Waals surface area contributed by atoms with Gasteiger partial charge in [-0.05, 0) is 10.8 Å². The minimum absolute atomic E-state index is 0. The van der Waals surface area contributed by atoms with Gasteiger partial charge in [0.15, 0.2) is 0 Å². The van der Waals surface area contributed by atoms with Gasteiger partial charge in [-0.25, -0.2) is 6.08 Å². The number of hydrogen-bond acceptors (Lipinski definition) is 0. The molecule has 0 spiro atoms. The summed E-state index contributed by atoms with van der Waals surface area (Å²) in [6, 6.07) is 25.3. The van der Waals surface area contributed by atoms with Gasteiger partial charge in [-0.2, -0.15) is 11.6 Å². The topological polar surface area (TPSA) is 0 Å². The van der Waals surface area contributed by atoms with Gasteiger partial charge in [0.25, 0.3) is 0 Å². The fraction of sp³-hybridized carbons (Fsp3) is 0.388. The van der Waals surface area contributed by atoms with E-state index < -0.39 is 23.5 Å². The second-order valence-electron chi connectivity index (χ2n) is 17.7. The summed E-state index contributed by atoms with van der Waals surface area (Å²) < 4.78 is 75.6. The first kappa shape index (κ1) is 51.3. The SMILES string of the molecule is CC(C)(C)c1ccc2c(c1)[cH-]c1cc(C(C)(C)C)ccc12.CCCCC1[C-]=CC(C(C)(C)C)=C1.FC(F)(F)c1ccc([C](=[Zr+2])c2ccc(C(F)(F)F)cc2)cc1.[Cl-].[Cl-]. The first-order valence-electron chi connectivity index (χ1n) is 19.2. The Morgan fingerprint density at radius 3 is 1.28 bits per heavy atom. The van der Waals surface area contributed by atoms with Crippen LogP contribution < -0.4 is 24.8 Å². The third kappa shape index (κ3) is 13.8. The minimum atomic E-state index is -4.41. The van der Waals surface area contributed by atoms with Crippen molar-refractivity contribution < 1.29 is 75.4 Å². The second kappa shape index (κ2) is 20.1. The largest absolute Gasteiger partial charge is 1.00 e. The third-order valence-corrected chi connectivity index (χ3v) is 11.4. The van der Waals surface area contributed by atoms with Gasteiger partial charge in [-0.1, -0.05) is 135 Å². The maximum atomic E-state index is 12.5. The van der Waals surface area contributed by atoms with E-state index in [4.69, 9.17) is 0 Å². The van der Waals surface area contributed by atoms with Crippen molar-refractivity contribution >= 4 is 24.8 Å². The molecule has 1 unspecified atom stereocenters.